The van der Waals surface area contributed by atoms with Crippen LogP contribution in [0.25, 0.3) is 0 Å². The molecule has 2 aromatic rings. The molecule has 0 radical (unpaired) electrons. The van der Waals surface area contributed by atoms with Gasteiger partial charge in [0.05, 0.1) is 11.8 Å². The summed E-state index contributed by atoms with van der Waals surface area (Å²) >= 11 is 0. The summed E-state index contributed by atoms with van der Waals surface area (Å²) in [5.41, 5.74) is 7.04. The van der Waals surface area contributed by atoms with Crippen LogP contribution in [0, 0.1) is 12.7 Å². The van der Waals surface area contributed by atoms with E-state index >= 15 is 0 Å². The lowest BCUT2D eigenvalue weighted by Crippen LogP contribution is -2.15. The number of aryl methyl sites for hydroxylation is 1. The molecule has 0 spiro atoms. The molecule has 0 unspecified atom stereocenters. The van der Waals surface area contributed by atoms with E-state index in [0.717, 1.165) is 11.9 Å². The number of aromatic nitrogens is 2. The first kappa shape index (κ1) is 12.0. The van der Waals surface area contributed by atoms with Crippen LogP contribution in [-0.2, 0) is 0 Å². The number of rotatable bonds is 2. The Labute approximate surface area is 103 Å². The molecule has 0 atom stereocenters. The molecule has 0 aliphatic heterocycles. The van der Waals surface area contributed by atoms with Crippen molar-refractivity contribution < 1.29 is 9.18 Å². The van der Waals surface area contributed by atoms with E-state index in [1.54, 1.807) is 13.0 Å². The Bertz CT molecular complexity index is 583. The SMILES string of the molecule is Cc1cc(N)c(C(=O)Nc2ccc(F)cn2)cn1. The van der Waals surface area contributed by atoms with Crippen LogP contribution in [0.15, 0.2) is 30.6 Å². The maximum atomic E-state index is 12.7. The molecule has 2 heterocycles. The van der Waals surface area contributed by atoms with Crippen LogP contribution in [0.4, 0.5) is 15.9 Å². The van der Waals surface area contributed by atoms with Crippen molar-refractivity contribution in [2.75, 3.05) is 11.1 Å². The zero-order valence-corrected chi connectivity index (χ0v) is 9.64. The summed E-state index contributed by atoms with van der Waals surface area (Å²) in [7, 11) is 0. The third-order valence-corrected chi connectivity index (χ3v) is 2.29. The average Bonchev–Trinajstić information content (AvgIpc) is 2.32. The fourth-order valence-corrected chi connectivity index (χ4v) is 1.40. The number of hydrogen-bond donors (Lipinski definition) is 2. The van der Waals surface area contributed by atoms with Crippen molar-refractivity contribution in [1.82, 2.24) is 9.97 Å². The Morgan fingerprint density at radius 3 is 2.72 bits per heavy atom. The molecule has 0 fully saturated rings. The van der Waals surface area contributed by atoms with Crippen molar-refractivity contribution in [3.63, 3.8) is 0 Å². The van der Waals surface area contributed by atoms with E-state index in [4.69, 9.17) is 5.73 Å². The monoisotopic (exact) mass is 246 g/mol. The number of amides is 1. The molecular weight excluding hydrogens is 235 g/mol. The molecule has 18 heavy (non-hydrogen) atoms. The van der Waals surface area contributed by atoms with Gasteiger partial charge in [-0.25, -0.2) is 9.37 Å². The van der Waals surface area contributed by atoms with Crippen LogP contribution < -0.4 is 11.1 Å². The maximum absolute atomic E-state index is 12.7. The molecule has 6 heteroatoms. The standard InChI is InChI=1S/C12H11FN4O/c1-7-4-10(14)9(6-15-7)12(18)17-11-3-2-8(13)5-16-11/h2-6H,1H3,(H2,14,15)(H,16,17,18). The van der Waals surface area contributed by atoms with Gasteiger partial charge in [0.2, 0.25) is 0 Å². The molecule has 0 aliphatic rings. The van der Waals surface area contributed by atoms with Crippen LogP contribution in [-0.4, -0.2) is 15.9 Å². The second-order valence-corrected chi connectivity index (χ2v) is 3.73. The number of carbonyl (C=O) groups is 1. The van der Waals surface area contributed by atoms with Gasteiger partial charge in [-0.15, -0.1) is 0 Å². The minimum atomic E-state index is -0.468. The van der Waals surface area contributed by atoms with Crippen LogP contribution >= 0.6 is 0 Å². The minimum Gasteiger partial charge on any atom is -0.398 e. The molecule has 0 bridgehead atoms. The number of hydrogen-bond acceptors (Lipinski definition) is 4. The summed E-state index contributed by atoms with van der Waals surface area (Å²) < 4.78 is 12.7. The second kappa shape index (κ2) is 4.79. The molecule has 0 aliphatic carbocycles. The highest BCUT2D eigenvalue weighted by Gasteiger charge is 2.11. The quantitative estimate of drug-likeness (QED) is 0.846. The Morgan fingerprint density at radius 1 is 1.33 bits per heavy atom. The minimum absolute atomic E-state index is 0.251. The van der Waals surface area contributed by atoms with Gasteiger partial charge in [0.25, 0.3) is 5.91 Å². The van der Waals surface area contributed by atoms with Gasteiger partial charge in [-0.1, -0.05) is 0 Å². The zero-order chi connectivity index (χ0) is 13.1. The number of nitrogen functional groups attached to an aromatic ring is 1. The van der Waals surface area contributed by atoms with Gasteiger partial charge in [0.1, 0.15) is 11.6 Å². The lowest BCUT2D eigenvalue weighted by atomic mass is 10.2. The number of halogens is 1. The van der Waals surface area contributed by atoms with Gasteiger partial charge in [-0.05, 0) is 25.1 Å². The second-order valence-electron chi connectivity index (χ2n) is 3.73. The molecule has 0 saturated heterocycles. The van der Waals surface area contributed by atoms with E-state index < -0.39 is 11.7 Å². The van der Waals surface area contributed by atoms with Crippen LogP contribution in [0.2, 0.25) is 0 Å². The molecular formula is C12H11FN4O. The van der Waals surface area contributed by atoms with Crippen molar-refractivity contribution in [1.29, 1.82) is 0 Å². The first-order valence-electron chi connectivity index (χ1n) is 5.21. The first-order valence-corrected chi connectivity index (χ1v) is 5.21. The zero-order valence-electron chi connectivity index (χ0n) is 9.64. The van der Waals surface area contributed by atoms with Crippen molar-refractivity contribution in [2.24, 2.45) is 0 Å². The van der Waals surface area contributed by atoms with Gasteiger partial charge in [0, 0.05) is 17.6 Å². The average molecular weight is 246 g/mol. The smallest absolute Gasteiger partial charge is 0.260 e. The number of anilines is 2. The number of nitrogens with two attached hydrogens (primary N) is 1. The van der Waals surface area contributed by atoms with E-state index in [-0.39, 0.29) is 11.4 Å². The summed E-state index contributed by atoms with van der Waals surface area (Å²) in [5.74, 6) is -0.648. The highest BCUT2D eigenvalue weighted by molar-refractivity contribution is 6.07. The third-order valence-electron chi connectivity index (χ3n) is 2.29. The number of carbonyl (C=O) groups excluding carboxylic acids is 1. The van der Waals surface area contributed by atoms with E-state index in [1.165, 1.54) is 18.3 Å². The van der Waals surface area contributed by atoms with Gasteiger partial charge in [-0.3, -0.25) is 9.78 Å². The number of nitrogens with one attached hydrogen (secondary N) is 1. The summed E-state index contributed by atoms with van der Waals surface area (Å²) in [6.07, 6.45) is 2.41. The summed E-state index contributed by atoms with van der Waals surface area (Å²) in [6, 6.07) is 4.18. The molecule has 3 N–H and O–H groups in total. The Balaban J connectivity index is 2.19. The molecule has 0 aromatic carbocycles. The lowest BCUT2D eigenvalue weighted by molar-refractivity contribution is 0.102. The number of nitrogens with zero attached hydrogens (tertiary/aromatic N) is 2. The summed E-state index contributed by atoms with van der Waals surface area (Å²) in [5, 5.41) is 2.51. The summed E-state index contributed by atoms with van der Waals surface area (Å²) in [6.45, 7) is 1.78. The number of pyridine rings is 2. The lowest BCUT2D eigenvalue weighted by Gasteiger charge is -2.06. The van der Waals surface area contributed by atoms with E-state index in [2.05, 4.69) is 15.3 Å². The van der Waals surface area contributed by atoms with Crippen LogP contribution in [0.3, 0.4) is 0 Å². The molecule has 0 saturated carbocycles. The Morgan fingerprint density at radius 2 is 2.11 bits per heavy atom. The van der Waals surface area contributed by atoms with E-state index in [0.29, 0.717) is 5.69 Å². The van der Waals surface area contributed by atoms with Gasteiger partial charge < -0.3 is 11.1 Å². The van der Waals surface area contributed by atoms with Crippen molar-refractivity contribution in [3.8, 4) is 0 Å². The normalized spacial score (nSPS) is 10.1. The fraction of sp³-hybridized carbons (Fsp3) is 0.0833. The third kappa shape index (κ3) is 2.60. The van der Waals surface area contributed by atoms with Crippen molar-refractivity contribution in [2.45, 2.75) is 6.92 Å². The molecule has 2 aromatic heterocycles. The topological polar surface area (TPSA) is 80.9 Å². The largest absolute Gasteiger partial charge is 0.398 e. The molecule has 1 amide bonds. The predicted molar refractivity (Wildman–Crippen MR) is 65.5 cm³/mol. The Kier molecular flexibility index (Phi) is 3.18. The highest BCUT2D eigenvalue weighted by atomic mass is 19.1. The van der Waals surface area contributed by atoms with E-state index in [1.807, 2.05) is 0 Å². The molecule has 2 rings (SSSR count). The fourth-order valence-electron chi connectivity index (χ4n) is 1.40. The maximum Gasteiger partial charge on any atom is 0.260 e. The van der Waals surface area contributed by atoms with Crippen LogP contribution in [0.5, 0.6) is 0 Å². The predicted octanol–water partition coefficient (Wildman–Crippen LogP) is 1.76. The van der Waals surface area contributed by atoms with Crippen LogP contribution in [0.1, 0.15) is 16.1 Å². The first-order chi connectivity index (χ1) is 8.56. The van der Waals surface area contributed by atoms with Gasteiger partial charge in [-0.2, -0.15) is 0 Å². The van der Waals surface area contributed by atoms with Crippen molar-refractivity contribution in [3.05, 3.63) is 47.7 Å². The Hall–Kier alpha value is -2.50. The summed E-state index contributed by atoms with van der Waals surface area (Å²) in [4.78, 5) is 19.6. The molecule has 5 nitrogen and oxygen atoms in total. The van der Waals surface area contributed by atoms with Crippen molar-refractivity contribution >= 4 is 17.4 Å². The van der Waals surface area contributed by atoms with E-state index in [9.17, 15) is 9.18 Å². The molecule has 92 valence electrons. The van der Waals surface area contributed by atoms with Gasteiger partial charge >= 0.3 is 0 Å². The highest BCUT2D eigenvalue weighted by Crippen LogP contribution is 2.13. The van der Waals surface area contributed by atoms with Gasteiger partial charge in [0.15, 0.2) is 0 Å².